The summed E-state index contributed by atoms with van der Waals surface area (Å²) < 4.78 is 31.1. The lowest BCUT2D eigenvalue weighted by atomic mass is 10.3. The van der Waals surface area contributed by atoms with Crippen LogP contribution in [0, 0.1) is 11.6 Å². The summed E-state index contributed by atoms with van der Waals surface area (Å²) in [4.78, 5) is 3.98. The van der Waals surface area contributed by atoms with Gasteiger partial charge in [0.05, 0.1) is 18.1 Å². The molecule has 0 bridgehead atoms. The first-order chi connectivity index (χ1) is 8.69. The molecule has 0 amide bonds. The third-order valence-corrected chi connectivity index (χ3v) is 2.22. The molecule has 2 rings (SSSR count). The fraction of sp³-hybridized carbons (Fsp3) is 0.154. The van der Waals surface area contributed by atoms with Crippen LogP contribution in [0.5, 0.6) is 11.5 Å². The second-order valence-corrected chi connectivity index (χ2v) is 3.62. The van der Waals surface area contributed by atoms with Gasteiger partial charge < -0.3 is 10.1 Å². The van der Waals surface area contributed by atoms with Gasteiger partial charge in [0, 0.05) is 18.7 Å². The van der Waals surface area contributed by atoms with Crippen molar-refractivity contribution in [2.75, 3.05) is 11.9 Å². The molecule has 0 saturated carbocycles. The molecule has 0 radical (unpaired) electrons. The lowest BCUT2D eigenvalue weighted by molar-refractivity contribution is 0.460. The maximum Gasteiger partial charge on any atom is 0.162 e. The molecule has 2 aromatic rings. The molecule has 0 atom stereocenters. The number of anilines is 1. The van der Waals surface area contributed by atoms with Crippen LogP contribution in [0.15, 0.2) is 36.7 Å². The lowest BCUT2D eigenvalue weighted by Crippen LogP contribution is -1.97. The monoisotopic (exact) mass is 250 g/mol. The second-order valence-electron chi connectivity index (χ2n) is 3.62. The minimum atomic E-state index is -0.941. The first kappa shape index (κ1) is 12.3. The van der Waals surface area contributed by atoms with Crippen LogP contribution >= 0.6 is 0 Å². The zero-order valence-corrected chi connectivity index (χ0v) is 9.78. The highest BCUT2D eigenvalue weighted by Crippen LogP contribution is 2.24. The molecule has 0 aliphatic carbocycles. The number of pyridine rings is 1. The number of halogens is 2. The average molecular weight is 250 g/mol. The van der Waals surface area contributed by atoms with E-state index >= 15 is 0 Å². The van der Waals surface area contributed by atoms with Crippen LogP contribution in [0.4, 0.5) is 14.5 Å². The summed E-state index contributed by atoms with van der Waals surface area (Å²) in [7, 11) is 0. The first-order valence-electron chi connectivity index (χ1n) is 5.51. The van der Waals surface area contributed by atoms with Crippen LogP contribution in [0.1, 0.15) is 6.92 Å². The molecule has 1 N–H and O–H groups in total. The molecule has 18 heavy (non-hydrogen) atoms. The normalized spacial score (nSPS) is 10.2. The van der Waals surface area contributed by atoms with Crippen molar-refractivity contribution in [3.63, 3.8) is 0 Å². The van der Waals surface area contributed by atoms with Crippen LogP contribution in [0.3, 0.4) is 0 Å². The summed E-state index contributed by atoms with van der Waals surface area (Å²) in [5.74, 6) is -1.16. The van der Waals surface area contributed by atoms with Gasteiger partial charge in [-0.15, -0.1) is 0 Å². The van der Waals surface area contributed by atoms with Crippen LogP contribution in [0.25, 0.3) is 0 Å². The van der Waals surface area contributed by atoms with Gasteiger partial charge in [0.1, 0.15) is 11.5 Å². The maximum absolute atomic E-state index is 13.0. The van der Waals surface area contributed by atoms with Crippen LogP contribution in [-0.4, -0.2) is 11.5 Å². The topological polar surface area (TPSA) is 34.2 Å². The van der Waals surface area contributed by atoms with Gasteiger partial charge in [-0.25, -0.2) is 8.78 Å². The maximum atomic E-state index is 13.0. The minimum Gasteiger partial charge on any atom is -0.456 e. The summed E-state index contributed by atoms with van der Waals surface area (Å²) in [6.07, 6.45) is 3.16. The van der Waals surface area contributed by atoms with Gasteiger partial charge in [-0.2, -0.15) is 0 Å². The van der Waals surface area contributed by atoms with E-state index in [0.29, 0.717) is 5.75 Å². The molecular formula is C13H12F2N2O. The summed E-state index contributed by atoms with van der Waals surface area (Å²) in [6.45, 7) is 2.72. The second kappa shape index (κ2) is 5.44. The van der Waals surface area contributed by atoms with Crippen molar-refractivity contribution in [2.45, 2.75) is 6.92 Å². The van der Waals surface area contributed by atoms with Gasteiger partial charge in [-0.1, -0.05) is 0 Å². The first-order valence-corrected chi connectivity index (χ1v) is 5.51. The fourth-order valence-electron chi connectivity index (χ4n) is 1.45. The molecule has 1 aromatic carbocycles. The Morgan fingerprint density at radius 1 is 1.11 bits per heavy atom. The van der Waals surface area contributed by atoms with Crippen LogP contribution in [0.2, 0.25) is 0 Å². The highest BCUT2D eigenvalue weighted by atomic mass is 19.2. The number of hydrogen-bond acceptors (Lipinski definition) is 3. The summed E-state index contributed by atoms with van der Waals surface area (Å²) >= 11 is 0. The van der Waals surface area contributed by atoms with Crippen LogP contribution in [-0.2, 0) is 0 Å². The Kier molecular flexibility index (Phi) is 3.72. The van der Waals surface area contributed by atoms with Crippen LogP contribution < -0.4 is 10.1 Å². The molecule has 3 nitrogen and oxygen atoms in total. The molecule has 5 heteroatoms. The molecule has 0 fully saturated rings. The Labute approximate surface area is 103 Å². The van der Waals surface area contributed by atoms with E-state index in [1.54, 1.807) is 12.3 Å². The number of rotatable bonds is 4. The molecular weight excluding hydrogens is 238 g/mol. The van der Waals surface area contributed by atoms with Gasteiger partial charge in [0.25, 0.3) is 0 Å². The Morgan fingerprint density at radius 3 is 2.67 bits per heavy atom. The van der Waals surface area contributed by atoms with Gasteiger partial charge in [-0.05, 0) is 19.1 Å². The smallest absolute Gasteiger partial charge is 0.162 e. The Hall–Kier alpha value is -2.17. The average Bonchev–Trinajstić information content (AvgIpc) is 2.35. The predicted molar refractivity (Wildman–Crippen MR) is 64.8 cm³/mol. The zero-order chi connectivity index (χ0) is 13.0. The van der Waals surface area contributed by atoms with Gasteiger partial charge >= 0.3 is 0 Å². The third-order valence-electron chi connectivity index (χ3n) is 2.22. The molecule has 0 spiro atoms. The largest absolute Gasteiger partial charge is 0.456 e. The number of hydrogen-bond donors (Lipinski definition) is 1. The highest BCUT2D eigenvalue weighted by molar-refractivity contribution is 5.46. The van der Waals surface area contributed by atoms with Gasteiger partial charge in [0.2, 0.25) is 0 Å². The summed E-state index contributed by atoms with van der Waals surface area (Å²) in [5.41, 5.74) is 0.803. The van der Waals surface area contributed by atoms with E-state index < -0.39 is 11.6 Å². The van der Waals surface area contributed by atoms with Crippen molar-refractivity contribution < 1.29 is 13.5 Å². The lowest BCUT2D eigenvalue weighted by Gasteiger charge is -2.08. The Bertz CT molecular complexity index is 546. The van der Waals surface area contributed by atoms with Gasteiger partial charge in [0.15, 0.2) is 11.6 Å². The molecule has 1 aromatic heterocycles. The van der Waals surface area contributed by atoms with E-state index in [1.807, 2.05) is 6.92 Å². The SMILES string of the molecule is CCNc1cncc(Oc2ccc(F)c(F)c2)c1. The van der Waals surface area contributed by atoms with E-state index in [2.05, 4.69) is 10.3 Å². The molecule has 0 unspecified atom stereocenters. The van der Waals surface area contributed by atoms with Crippen molar-refractivity contribution in [3.05, 3.63) is 48.3 Å². The van der Waals surface area contributed by atoms with E-state index in [1.165, 1.54) is 12.3 Å². The summed E-state index contributed by atoms with van der Waals surface area (Å²) in [6, 6.07) is 5.11. The van der Waals surface area contributed by atoms with Crippen molar-refractivity contribution in [1.29, 1.82) is 0 Å². The van der Waals surface area contributed by atoms with Crippen molar-refractivity contribution in [2.24, 2.45) is 0 Å². The van der Waals surface area contributed by atoms with Crippen molar-refractivity contribution >= 4 is 5.69 Å². The van der Waals surface area contributed by atoms with E-state index in [4.69, 9.17) is 4.74 Å². The predicted octanol–water partition coefficient (Wildman–Crippen LogP) is 3.58. The number of ether oxygens (including phenoxy) is 1. The summed E-state index contributed by atoms with van der Waals surface area (Å²) in [5, 5.41) is 3.08. The molecule has 0 aliphatic rings. The Balaban J connectivity index is 2.17. The standard InChI is InChI=1S/C13H12F2N2O/c1-2-17-9-5-11(8-16-7-9)18-10-3-4-12(14)13(15)6-10/h3-8,17H,2H2,1H3. The van der Waals surface area contributed by atoms with Crippen molar-refractivity contribution in [3.8, 4) is 11.5 Å². The quantitative estimate of drug-likeness (QED) is 0.900. The Morgan fingerprint density at radius 2 is 1.94 bits per heavy atom. The fourth-order valence-corrected chi connectivity index (χ4v) is 1.45. The zero-order valence-electron chi connectivity index (χ0n) is 9.78. The molecule has 0 aliphatic heterocycles. The van der Waals surface area contributed by atoms with E-state index in [-0.39, 0.29) is 5.75 Å². The molecule has 94 valence electrons. The highest BCUT2D eigenvalue weighted by Gasteiger charge is 2.05. The molecule has 1 heterocycles. The third kappa shape index (κ3) is 2.94. The number of benzene rings is 1. The van der Waals surface area contributed by atoms with Crippen molar-refractivity contribution in [1.82, 2.24) is 4.98 Å². The number of aromatic nitrogens is 1. The van der Waals surface area contributed by atoms with E-state index in [0.717, 1.165) is 24.4 Å². The van der Waals surface area contributed by atoms with Gasteiger partial charge in [-0.3, -0.25) is 4.98 Å². The van der Waals surface area contributed by atoms with E-state index in [9.17, 15) is 8.78 Å². The molecule has 0 saturated heterocycles. The number of nitrogens with zero attached hydrogens (tertiary/aromatic N) is 1. The number of nitrogens with one attached hydrogen (secondary N) is 1. The minimum absolute atomic E-state index is 0.226.